The van der Waals surface area contributed by atoms with Crippen LogP contribution in [-0.2, 0) is 7.05 Å². The molecular weight excluding hydrogens is 264 g/mol. The molecule has 5 nitrogen and oxygen atoms in total. The third-order valence-electron chi connectivity index (χ3n) is 4.86. The molecule has 1 aromatic rings. The molecule has 0 spiro atoms. The fourth-order valence-corrected chi connectivity index (χ4v) is 3.57. The van der Waals surface area contributed by atoms with E-state index in [4.69, 9.17) is 4.74 Å². The Morgan fingerprint density at radius 3 is 2.38 bits per heavy atom. The van der Waals surface area contributed by atoms with E-state index in [1.54, 1.807) is 13.3 Å². The maximum Gasteiger partial charge on any atom is 0.161 e. The smallest absolute Gasteiger partial charge is 0.161 e. The van der Waals surface area contributed by atoms with E-state index < -0.39 is 0 Å². The van der Waals surface area contributed by atoms with Gasteiger partial charge in [0.25, 0.3) is 0 Å². The lowest BCUT2D eigenvalue weighted by Gasteiger charge is -2.44. The summed E-state index contributed by atoms with van der Waals surface area (Å²) in [6.45, 7) is 6.99. The molecule has 1 atom stereocenters. The van der Waals surface area contributed by atoms with E-state index in [2.05, 4.69) is 29.2 Å². The molecular formula is C16H30N4O. The Balaban J connectivity index is 2.31. The maximum absolute atomic E-state index is 5.51. The molecule has 1 N–H and O–H groups in total. The van der Waals surface area contributed by atoms with Crippen molar-refractivity contribution in [2.24, 2.45) is 7.05 Å². The van der Waals surface area contributed by atoms with Crippen molar-refractivity contribution in [3.63, 3.8) is 0 Å². The van der Waals surface area contributed by atoms with E-state index in [0.717, 1.165) is 11.4 Å². The fraction of sp³-hybridized carbons (Fsp3) is 0.812. The Morgan fingerprint density at radius 1 is 1.24 bits per heavy atom. The predicted molar refractivity (Wildman–Crippen MR) is 85.7 cm³/mol. The van der Waals surface area contributed by atoms with Crippen LogP contribution >= 0.6 is 0 Å². The minimum Gasteiger partial charge on any atom is -0.493 e. The highest BCUT2D eigenvalue weighted by Crippen LogP contribution is 2.36. The van der Waals surface area contributed by atoms with Gasteiger partial charge < -0.3 is 10.1 Å². The summed E-state index contributed by atoms with van der Waals surface area (Å²) in [5.74, 6) is 0.861. The molecule has 0 amide bonds. The Labute approximate surface area is 128 Å². The quantitative estimate of drug-likeness (QED) is 0.905. The van der Waals surface area contributed by atoms with E-state index in [1.807, 2.05) is 18.8 Å². The number of hydrogen-bond acceptors (Lipinski definition) is 4. The molecule has 120 valence electrons. The van der Waals surface area contributed by atoms with Crippen molar-refractivity contribution in [2.75, 3.05) is 27.2 Å². The average Bonchev–Trinajstić information content (AvgIpc) is 2.69. The van der Waals surface area contributed by atoms with Crippen LogP contribution in [0.15, 0.2) is 6.20 Å². The SMILES string of the molecule is CNC(c1c(OC)cnn1C)C(C)(C)N1CCCCCC1. The number of likely N-dealkylation sites (N-methyl/N-ethyl adjacent to an activating group) is 1. The van der Waals surface area contributed by atoms with Gasteiger partial charge in [0.2, 0.25) is 0 Å². The van der Waals surface area contributed by atoms with Crippen LogP contribution in [0.1, 0.15) is 51.3 Å². The van der Waals surface area contributed by atoms with E-state index in [9.17, 15) is 0 Å². The highest BCUT2D eigenvalue weighted by Gasteiger charge is 2.38. The van der Waals surface area contributed by atoms with Gasteiger partial charge in [-0.1, -0.05) is 12.8 Å². The summed E-state index contributed by atoms with van der Waals surface area (Å²) in [6, 6.07) is 0.179. The van der Waals surface area contributed by atoms with Crippen LogP contribution in [-0.4, -0.2) is 47.5 Å². The Morgan fingerprint density at radius 2 is 1.86 bits per heavy atom. The molecule has 1 aliphatic heterocycles. The normalized spacial score (nSPS) is 19.3. The third-order valence-corrected chi connectivity index (χ3v) is 4.86. The second-order valence-corrected chi connectivity index (χ2v) is 6.50. The van der Waals surface area contributed by atoms with Crippen LogP contribution in [0.4, 0.5) is 0 Å². The number of aromatic nitrogens is 2. The zero-order valence-electron chi connectivity index (χ0n) is 14.1. The largest absolute Gasteiger partial charge is 0.493 e. The first kappa shape index (κ1) is 16.3. The number of hydrogen-bond donors (Lipinski definition) is 1. The molecule has 0 saturated carbocycles. The van der Waals surface area contributed by atoms with E-state index in [0.29, 0.717) is 0 Å². The lowest BCUT2D eigenvalue weighted by Crippen LogP contribution is -2.53. The first-order chi connectivity index (χ1) is 10.0. The van der Waals surface area contributed by atoms with Gasteiger partial charge >= 0.3 is 0 Å². The number of likely N-dealkylation sites (tertiary alicyclic amines) is 1. The molecule has 0 radical (unpaired) electrons. The number of rotatable bonds is 5. The summed E-state index contributed by atoms with van der Waals surface area (Å²) in [5.41, 5.74) is 1.13. The average molecular weight is 294 g/mol. The predicted octanol–water partition coefficient (Wildman–Crippen LogP) is 2.34. The minimum absolute atomic E-state index is 0.0141. The maximum atomic E-state index is 5.51. The van der Waals surface area contributed by atoms with Gasteiger partial charge in [0, 0.05) is 12.6 Å². The van der Waals surface area contributed by atoms with Crippen LogP contribution in [0.3, 0.4) is 0 Å². The summed E-state index contributed by atoms with van der Waals surface area (Å²) in [6.07, 6.45) is 7.10. The molecule has 1 aromatic heterocycles. The van der Waals surface area contributed by atoms with Gasteiger partial charge in [0.05, 0.1) is 25.0 Å². The number of aryl methyl sites for hydroxylation is 1. The lowest BCUT2D eigenvalue weighted by molar-refractivity contribution is 0.0823. The molecule has 5 heteroatoms. The van der Waals surface area contributed by atoms with Gasteiger partial charge in [-0.2, -0.15) is 5.10 Å². The first-order valence-corrected chi connectivity index (χ1v) is 8.00. The van der Waals surface area contributed by atoms with Crippen molar-refractivity contribution in [2.45, 2.75) is 51.1 Å². The molecule has 2 rings (SSSR count). The second kappa shape index (κ2) is 6.79. The van der Waals surface area contributed by atoms with Crippen LogP contribution in [0.25, 0.3) is 0 Å². The Hall–Kier alpha value is -1.07. The number of ether oxygens (including phenoxy) is 1. The molecule has 0 aromatic carbocycles. The monoisotopic (exact) mass is 294 g/mol. The molecule has 2 heterocycles. The Kier molecular flexibility index (Phi) is 5.27. The van der Waals surface area contributed by atoms with Crippen LogP contribution in [0.2, 0.25) is 0 Å². The summed E-state index contributed by atoms with van der Waals surface area (Å²) in [4.78, 5) is 2.62. The second-order valence-electron chi connectivity index (χ2n) is 6.50. The van der Waals surface area contributed by atoms with Gasteiger partial charge in [0.15, 0.2) is 5.75 Å². The van der Waals surface area contributed by atoms with Crippen LogP contribution in [0, 0.1) is 0 Å². The van der Waals surface area contributed by atoms with Gasteiger partial charge in [-0.25, -0.2) is 0 Å². The lowest BCUT2D eigenvalue weighted by atomic mass is 9.89. The standard InChI is InChI=1S/C16H30N4O/c1-16(2,20-10-8-6-7-9-11-20)15(17-3)14-13(21-5)12-18-19(14)4/h12,15,17H,6-11H2,1-5H3. The molecule has 1 fully saturated rings. The van der Waals surface area contributed by atoms with Crippen LogP contribution < -0.4 is 10.1 Å². The van der Waals surface area contributed by atoms with E-state index in [1.165, 1.54) is 38.8 Å². The third kappa shape index (κ3) is 3.24. The highest BCUT2D eigenvalue weighted by molar-refractivity contribution is 5.30. The van der Waals surface area contributed by atoms with E-state index >= 15 is 0 Å². The van der Waals surface area contributed by atoms with Gasteiger partial charge in [0.1, 0.15) is 0 Å². The van der Waals surface area contributed by atoms with Gasteiger partial charge in [-0.05, 0) is 46.8 Å². The zero-order chi connectivity index (χ0) is 15.5. The van der Waals surface area contributed by atoms with Crippen molar-refractivity contribution < 1.29 is 4.74 Å². The topological polar surface area (TPSA) is 42.3 Å². The van der Waals surface area contributed by atoms with Crippen molar-refractivity contribution in [3.05, 3.63) is 11.9 Å². The molecule has 21 heavy (non-hydrogen) atoms. The number of methoxy groups -OCH3 is 1. The fourth-order valence-electron chi connectivity index (χ4n) is 3.57. The molecule has 1 aliphatic rings. The molecule has 1 saturated heterocycles. The van der Waals surface area contributed by atoms with Gasteiger partial charge in [-0.15, -0.1) is 0 Å². The summed E-state index contributed by atoms with van der Waals surface area (Å²) < 4.78 is 7.44. The summed E-state index contributed by atoms with van der Waals surface area (Å²) >= 11 is 0. The number of nitrogens with zero attached hydrogens (tertiary/aromatic N) is 3. The minimum atomic E-state index is 0.0141. The van der Waals surface area contributed by atoms with Crippen molar-refractivity contribution >= 4 is 0 Å². The number of nitrogens with one attached hydrogen (secondary N) is 1. The zero-order valence-corrected chi connectivity index (χ0v) is 14.1. The highest BCUT2D eigenvalue weighted by atomic mass is 16.5. The summed E-state index contributed by atoms with van der Waals surface area (Å²) in [7, 11) is 5.73. The summed E-state index contributed by atoms with van der Waals surface area (Å²) in [5, 5.41) is 7.86. The van der Waals surface area contributed by atoms with E-state index in [-0.39, 0.29) is 11.6 Å². The van der Waals surface area contributed by atoms with Gasteiger partial charge in [-0.3, -0.25) is 9.58 Å². The Bertz CT molecular complexity index is 447. The van der Waals surface area contributed by atoms with Crippen molar-refractivity contribution in [3.8, 4) is 5.75 Å². The molecule has 0 aliphatic carbocycles. The molecule has 0 bridgehead atoms. The van der Waals surface area contributed by atoms with Crippen molar-refractivity contribution in [1.82, 2.24) is 20.0 Å². The molecule has 1 unspecified atom stereocenters. The first-order valence-electron chi connectivity index (χ1n) is 8.00. The van der Waals surface area contributed by atoms with Crippen molar-refractivity contribution in [1.29, 1.82) is 0 Å². The van der Waals surface area contributed by atoms with Crippen LogP contribution in [0.5, 0.6) is 5.75 Å².